The first kappa shape index (κ1) is 60.6. The van der Waals surface area contributed by atoms with Crippen LogP contribution in [0.1, 0.15) is 123 Å². The van der Waals surface area contributed by atoms with Crippen LogP contribution in [0, 0.1) is 0 Å². The van der Waals surface area contributed by atoms with E-state index in [0.29, 0.717) is 13.1 Å². The van der Waals surface area contributed by atoms with E-state index in [-0.39, 0.29) is 57.8 Å². The van der Waals surface area contributed by atoms with E-state index >= 15 is 0 Å². The number of aliphatic hydroxyl groups excluding tert-OH is 2. The Morgan fingerprint density at radius 3 is 1.36 bits per heavy atom. The lowest BCUT2D eigenvalue weighted by Gasteiger charge is -2.28. The van der Waals surface area contributed by atoms with E-state index < -0.39 is 0 Å². The Morgan fingerprint density at radius 1 is 0.590 bits per heavy atom. The zero-order chi connectivity index (χ0) is 41.3. The Morgan fingerprint density at radius 2 is 0.967 bits per heavy atom. The van der Waals surface area contributed by atoms with Gasteiger partial charge in [-0.05, 0) is 93.0 Å². The molecule has 4 aromatic rings. The van der Waals surface area contributed by atoms with Gasteiger partial charge in [0, 0.05) is 30.5 Å². The van der Waals surface area contributed by atoms with E-state index in [9.17, 15) is 19.8 Å². The summed E-state index contributed by atoms with van der Waals surface area (Å²) in [6.45, 7) is 7.38. The van der Waals surface area contributed by atoms with E-state index in [1.165, 1.54) is 28.5 Å². The third-order valence-corrected chi connectivity index (χ3v) is 10.3. The van der Waals surface area contributed by atoms with Crippen molar-refractivity contribution in [1.29, 1.82) is 0 Å². The van der Waals surface area contributed by atoms with Crippen LogP contribution in [0.4, 0.5) is 4.79 Å². The maximum Gasteiger partial charge on any atom is 0.314 e. The fourth-order valence-electron chi connectivity index (χ4n) is 6.47. The number of hydrogen-bond acceptors (Lipinski definition) is 6. The van der Waals surface area contributed by atoms with E-state index in [1.54, 1.807) is 0 Å². The van der Waals surface area contributed by atoms with Gasteiger partial charge in [-0.25, -0.2) is 4.79 Å². The third-order valence-electron chi connectivity index (χ3n) is 10.3. The van der Waals surface area contributed by atoms with Crippen LogP contribution in [0.3, 0.4) is 0 Å². The van der Waals surface area contributed by atoms with Crippen molar-refractivity contribution in [2.24, 2.45) is 10.7 Å². The Kier molecular flexibility index (Phi) is 38.0. The quantitative estimate of drug-likeness (QED) is 0.0268. The average molecular weight is 845 g/mol. The number of rotatable bonds is 24. The van der Waals surface area contributed by atoms with E-state index in [0.717, 1.165) is 96.4 Å². The zero-order valence-electron chi connectivity index (χ0n) is 35.2. The van der Waals surface area contributed by atoms with Crippen LogP contribution < -0.4 is 16.4 Å². The van der Waals surface area contributed by atoms with Crippen LogP contribution in [-0.4, -0.2) is 73.6 Å². The molecule has 4 aromatic carbocycles. The molecule has 9 heteroatoms. The molecule has 0 fully saturated rings. The molecule has 0 aliphatic rings. The van der Waals surface area contributed by atoms with Gasteiger partial charge in [-0.3, -0.25) is 9.79 Å². The second-order valence-corrected chi connectivity index (χ2v) is 15.1. The highest BCUT2D eigenvalue weighted by Gasteiger charge is 2.25. The first-order valence-corrected chi connectivity index (χ1v) is 20.9. The number of nitrogens with two attached hydrogens (primary N) is 1. The molecule has 0 bridgehead atoms. The van der Waals surface area contributed by atoms with Crippen molar-refractivity contribution < 1.29 is 25.3 Å². The van der Waals surface area contributed by atoms with E-state index in [2.05, 4.69) is 102 Å². The summed E-state index contributed by atoms with van der Waals surface area (Å²) in [5.74, 6) is 0. The summed E-state index contributed by atoms with van der Waals surface area (Å²) in [6, 6.07) is 41.1. The fourth-order valence-corrected chi connectivity index (χ4v) is 6.47. The van der Waals surface area contributed by atoms with Gasteiger partial charge < -0.3 is 32.1 Å². The minimum Gasteiger partial charge on any atom is -0.412 e. The molecule has 0 aliphatic carbocycles. The number of carbonyl (C=O) groups excluding carboxylic acids is 2. The van der Waals surface area contributed by atoms with Crippen molar-refractivity contribution in [2.45, 2.75) is 124 Å². The lowest BCUT2D eigenvalue weighted by Crippen LogP contribution is -2.36. The summed E-state index contributed by atoms with van der Waals surface area (Å²) in [4.78, 5) is 25.7. The van der Waals surface area contributed by atoms with Crippen LogP contribution in [-0.2, 0) is 28.5 Å². The molecule has 0 saturated heterocycles. The Labute approximate surface area is 371 Å². The van der Waals surface area contributed by atoms with Gasteiger partial charge >= 0.3 is 6.03 Å². The number of aldehydes is 1. The maximum atomic E-state index is 11.9. The molecule has 4 rings (SSSR count). The van der Waals surface area contributed by atoms with Crippen LogP contribution in [0.25, 0.3) is 0 Å². The first-order chi connectivity index (χ1) is 27.8. The highest BCUT2D eigenvalue weighted by atomic mass is 16.3. The van der Waals surface area contributed by atoms with Gasteiger partial charge in [0.2, 0.25) is 0 Å². The van der Waals surface area contributed by atoms with Crippen molar-refractivity contribution in [2.75, 3.05) is 39.4 Å². The molecule has 2 atom stereocenters. The molecule has 0 saturated carbocycles. The standard InChI is InChI=1S/C24H34N2O2.C13H21NO.C12H15NO.3CH4.H2O/c1-24(20-27,22-15-6-3-7-16-22)17-9-11-19-26-23(28)25-18-10-8-14-21-12-4-2-5-13-21;1-13(11-15,9-5-6-10-14)12-7-3-2-4-8-12;14-11-10-13-9-5-4-8-12-6-2-1-3-7-12;;;;/h2-7,12-13,15-16,27H,8-11,14,17-20H2,1H3,(H2,25,26,28);2-4,7-8,15H,5-6,9-11,14H2,1H3;1-3,6-7,10-11H,4-5,8-9H2;3*1H4;1H2. The number of amides is 2. The van der Waals surface area contributed by atoms with Gasteiger partial charge in [-0.1, -0.05) is 170 Å². The van der Waals surface area contributed by atoms with Crippen molar-refractivity contribution in [3.05, 3.63) is 144 Å². The van der Waals surface area contributed by atoms with E-state index in [4.69, 9.17) is 5.73 Å². The van der Waals surface area contributed by atoms with Crippen LogP contribution in [0.15, 0.2) is 126 Å². The van der Waals surface area contributed by atoms with Gasteiger partial charge in [-0.2, -0.15) is 0 Å². The summed E-state index contributed by atoms with van der Waals surface area (Å²) in [6.07, 6.45) is 14.3. The monoisotopic (exact) mass is 845 g/mol. The maximum absolute atomic E-state index is 11.9. The SMILES string of the molecule is C.C.C.CC(CO)(CCCCN)c1ccccc1.CC(CO)(CCCCNC(=O)NCCCCc1ccccc1)c1ccccc1.O.O=CC=NCCCCc1ccccc1. The molecule has 8 N–H and O–H groups in total. The first-order valence-electron chi connectivity index (χ1n) is 20.9. The van der Waals surface area contributed by atoms with Crippen LogP contribution in [0.5, 0.6) is 0 Å². The molecule has 0 spiro atoms. The number of aliphatic hydroxyl groups is 2. The summed E-state index contributed by atoms with van der Waals surface area (Å²) < 4.78 is 0. The Hall–Kier alpha value is -4.67. The van der Waals surface area contributed by atoms with Crippen molar-refractivity contribution in [3.8, 4) is 0 Å². The summed E-state index contributed by atoms with van der Waals surface area (Å²) in [5, 5.41) is 25.2. The molecule has 0 heterocycles. The van der Waals surface area contributed by atoms with Gasteiger partial charge in [0.15, 0.2) is 6.29 Å². The minimum atomic E-state index is -0.220. The van der Waals surface area contributed by atoms with Crippen molar-refractivity contribution in [1.82, 2.24) is 10.6 Å². The summed E-state index contributed by atoms with van der Waals surface area (Å²) in [7, 11) is 0. The predicted octanol–water partition coefficient (Wildman–Crippen LogP) is 9.86. The number of urea groups is 1. The Bertz CT molecular complexity index is 1600. The van der Waals surface area contributed by atoms with Crippen LogP contribution >= 0.6 is 0 Å². The zero-order valence-corrected chi connectivity index (χ0v) is 35.2. The molecular weight excluding hydrogens is 761 g/mol. The number of benzene rings is 4. The summed E-state index contributed by atoms with van der Waals surface area (Å²) in [5.41, 5.74) is 10.2. The van der Waals surface area contributed by atoms with Gasteiger partial charge in [0.1, 0.15) is 0 Å². The molecule has 0 radical (unpaired) electrons. The number of aryl methyl sites for hydroxylation is 2. The lowest BCUT2D eigenvalue weighted by atomic mass is 9.79. The summed E-state index contributed by atoms with van der Waals surface area (Å²) >= 11 is 0. The second kappa shape index (κ2) is 38.3. The van der Waals surface area contributed by atoms with Gasteiger partial charge in [-0.15, -0.1) is 0 Å². The molecule has 0 aliphatic heterocycles. The lowest BCUT2D eigenvalue weighted by molar-refractivity contribution is -0.102. The second-order valence-electron chi connectivity index (χ2n) is 15.1. The average Bonchev–Trinajstić information content (AvgIpc) is 3.26. The van der Waals surface area contributed by atoms with E-state index in [1.807, 2.05) is 48.5 Å². The fraction of sp³-hybridized carbons (Fsp3) is 0.481. The third kappa shape index (κ3) is 27.0. The van der Waals surface area contributed by atoms with Crippen molar-refractivity contribution >= 4 is 18.5 Å². The smallest absolute Gasteiger partial charge is 0.314 e. The topological polar surface area (TPSA) is 169 Å². The number of nitrogens with zero attached hydrogens (tertiary/aromatic N) is 1. The number of nitrogens with one attached hydrogen (secondary N) is 2. The molecule has 2 unspecified atom stereocenters. The molecular formula is C52H84N4O5. The minimum absolute atomic E-state index is 0. The van der Waals surface area contributed by atoms with Gasteiger partial charge in [0.05, 0.1) is 19.4 Å². The van der Waals surface area contributed by atoms with Crippen molar-refractivity contribution in [3.63, 3.8) is 0 Å². The largest absolute Gasteiger partial charge is 0.412 e. The normalized spacial score (nSPS) is 12.0. The van der Waals surface area contributed by atoms with Gasteiger partial charge in [0.25, 0.3) is 0 Å². The van der Waals surface area contributed by atoms with Crippen LogP contribution in [0.2, 0.25) is 0 Å². The molecule has 2 amide bonds. The predicted molar refractivity (Wildman–Crippen MR) is 262 cm³/mol. The molecule has 0 aromatic heterocycles. The molecule has 9 nitrogen and oxygen atoms in total. The number of hydrogen-bond donors (Lipinski definition) is 5. The number of carbonyl (C=O) groups is 2. The number of aliphatic imine (C=N–C) groups is 1. The molecule has 61 heavy (non-hydrogen) atoms. The Balaban J connectivity index is -0.000000872. The highest BCUT2D eigenvalue weighted by Crippen LogP contribution is 2.29. The number of unbranched alkanes of at least 4 members (excludes halogenated alkanes) is 4. The highest BCUT2D eigenvalue weighted by molar-refractivity contribution is 6.12. The molecule has 342 valence electrons.